The molecule has 0 atom stereocenters. The normalized spacial score (nSPS) is 10.9. The molecule has 7 nitrogen and oxygen atoms in total. The Kier molecular flexibility index (Phi) is 3.32. The number of benzene rings is 1. The van der Waals surface area contributed by atoms with E-state index in [2.05, 4.69) is 10.2 Å². The summed E-state index contributed by atoms with van der Waals surface area (Å²) in [6, 6.07) is 5.02. The van der Waals surface area contributed by atoms with Crippen LogP contribution in [0.2, 0.25) is 0 Å². The Morgan fingerprint density at radius 2 is 1.91 bits per heavy atom. The molecule has 0 unspecified atom stereocenters. The van der Waals surface area contributed by atoms with Crippen molar-refractivity contribution in [2.75, 3.05) is 14.2 Å². The molecule has 3 aromatic rings. The minimum Gasteiger partial charge on any atom is -0.493 e. The number of ether oxygens (including phenoxy) is 2. The number of carbonyl (C=O) groups excluding carboxylic acids is 1. The van der Waals surface area contributed by atoms with Crippen LogP contribution >= 0.6 is 0 Å². The van der Waals surface area contributed by atoms with E-state index in [-0.39, 0.29) is 5.91 Å². The molecule has 0 spiro atoms. The predicted molar refractivity (Wildman–Crippen MR) is 80.5 cm³/mol. The number of carbonyl (C=O) groups is 1. The third-order valence-corrected chi connectivity index (χ3v) is 3.56. The highest BCUT2D eigenvalue weighted by Gasteiger charge is 2.19. The van der Waals surface area contributed by atoms with Crippen LogP contribution in [0.4, 0.5) is 0 Å². The first-order valence-corrected chi connectivity index (χ1v) is 6.71. The third-order valence-electron chi connectivity index (χ3n) is 3.56. The predicted octanol–water partition coefficient (Wildman–Crippen LogP) is 1.78. The van der Waals surface area contributed by atoms with Crippen molar-refractivity contribution < 1.29 is 14.3 Å². The summed E-state index contributed by atoms with van der Waals surface area (Å²) in [5.74, 6) is 0.828. The summed E-state index contributed by atoms with van der Waals surface area (Å²) in [4.78, 5) is 12.7. The van der Waals surface area contributed by atoms with Crippen molar-refractivity contribution in [3.63, 3.8) is 0 Å². The van der Waals surface area contributed by atoms with Crippen LogP contribution in [0.5, 0.6) is 11.5 Å². The van der Waals surface area contributed by atoms with Crippen LogP contribution in [0.15, 0.2) is 24.4 Å². The van der Waals surface area contributed by atoms with Gasteiger partial charge in [-0.2, -0.15) is 14.9 Å². The van der Waals surface area contributed by atoms with Crippen molar-refractivity contribution in [1.82, 2.24) is 19.6 Å². The van der Waals surface area contributed by atoms with E-state index in [9.17, 15) is 4.79 Å². The Hall–Kier alpha value is -2.83. The molecule has 0 aliphatic heterocycles. The van der Waals surface area contributed by atoms with E-state index in [0.717, 1.165) is 11.2 Å². The van der Waals surface area contributed by atoms with Gasteiger partial charge in [0.15, 0.2) is 11.5 Å². The quantitative estimate of drug-likeness (QED) is 0.737. The maximum Gasteiger partial charge on any atom is 0.278 e. The number of rotatable bonds is 3. The summed E-state index contributed by atoms with van der Waals surface area (Å²) < 4.78 is 13.5. The topological polar surface area (TPSA) is 71.2 Å². The van der Waals surface area contributed by atoms with Crippen molar-refractivity contribution in [3.05, 3.63) is 35.7 Å². The fraction of sp³-hybridized carbons (Fsp3) is 0.267. The molecule has 3 rings (SSSR count). The zero-order chi connectivity index (χ0) is 15.9. The lowest BCUT2D eigenvalue weighted by Crippen LogP contribution is -2.14. The highest BCUT2D eigenvalue weighted by molar-refractivity contribution is 6.01. The van der Waals surface area contributed by atoms with Gasteiger partial charge < -0.3 is 9.47 Å². The van der Waals surface area contributed by atoms with Gasteiger partial charge in [0.1, 0.15) is 11.0 Å². The molecule has 0 aliphatic carbocycles. The van der Waals surface area contributed by atoms with Gasteiger partial charge in [0.2, 0.25) is 0 Å². The van der Waals surface area contributed by atoms with Crippen molar-refractivity contribution in [1.29, 1.82) is 0 Å². The van der Waals surface area contributed by atoms with Crippen molar-refractivity contribution in [3.8, 4) is 11.5 Å². The average Bonchev–Trinajstić information content (AvgIpc) is 3.08. The minimum atomic E-state index is -0.243. The smallest absolute Gasteiger partial charge is 0.278 e. The van der Waals surface area contributed by atoms with Gasteiger partial charge >= 0.3 is 0 Å². The summed E-state index contributed by atoms with van der Waals surface area (Å²) in [7, 11) is 4.90. The molecule has 7 heteroatoms. The van der Waals surface area contributed by atoms with E-state index in [1.807, 2.05) is 14.0 Å². The van der Waals surface area contributed by atoms with E-state index in [0.29, 0.717) is 22.6 Å². The number of nitrogens with zero attached hydrogens (tertiary/aromatic N) is 4. The Labute approximate surface area is 127 Å². The molecular weight excluding hydrogens is 284 g/mol. The van der Waals surface area contributed by atoms with Gasteiger partial charge in [-0.15, -0.1) is 0 Å². The van der Waals surface area contributed by atoms with Crippen molar-refractivity contribution in [2.24, 2.45) is 7.05 Å². The number of fused-ring (bicyclic) bond motifs is 1. The largest absolute Gasteiger partial charge is 0.493 e. The lowest BCUT2D eigenvalue weighted by atomic mass is 10.2. The molecule has 0 bridgehead atoms. The molecule has 0 fully saturated rings. The number of aryl methyl sites for hydroxylation is 2. The lowest BCUT2D eigenvalue weighted by Gasteiger charge is -2.09. The first-order chi connectivity index (χ1) is 10.6. The third kappa shape index (κ3) is 2.02. The zero-order valence-corrected chi connectivity index (χ0v) is 12.8. The first kappa shape index (κ1) is 14.1. The fourth-order valence-electron chi connectivity index (χ4n) is 2.49. The molecule has 0 amide bonds. The van der Waals surface area contributed by atoms with Crippen LogP contribution in [0.25, 0.3) is 11.0 Å². The summed E-state index contributed by atoms with van der Waals surface area (Å²) in [6.07, 6.45) is 1.63. The highest BCUT2D eigenvalue weighted by Crippen LogP contribution is 2.28. The van der Waals surface area contributed by atoms with Crippen LogP contribution in [0.1, 0.15) is 16.1 Å². The maximum absolute atomic E-state index is 12.7. The molecule has 0 saturated heterocycles. The van der Waals surface area contributed by atoms with Crippen LogP contribution < -0.4 is 9.47 Å². The maximum atomic E-state index is 12.7. The standard InChI is InChI=1S/C15H16N4O3/c1-9-14-11(18(2)17-9)8-16-19(14)15(20)10-5-6-12(21-3)13(7-10)22-4/h5-8H,1-4H3. The van der Waals surface area contributed by atoms with E-state index >= 15 is 0 Å². The van der Waals surface area contributed by atoms with E-state index in [1.54, 1.807) is 36.2 Å². The van der Waals surface area contributed by atoms with Gasteiger partial charge in [-0.25, -0.2) is 0 Å². The van der Waals surface area contributed by atoms with Crippen LogP contribution in [0.3, 0.4) is 0 Å². The molecule has 0 radical (unpaired) electrons. The number of methoxy groups -OCH3 is 2. The van der Waals surface area contributed by atoms with Gasteiger partial charge in [-0.05, 0) is 25.1 Å². The van der Waals surface area contributed by atoms with Crippen molar-refractivity contribution >= 4 is 16.9 Å². The van der Waals surface area contributed by atoms with E-state index in [1.165, 1.54) is 11.8 Å². The van der Waals surface area contributed by atoms with Crippen molar-refractivity contribution in [2.45, 2.75) is 6.92 Å². The Morgan fingerprint density at radius 3 is 2.59 bits per heavy atom. The number of aromatic nitrogens is 4. The minimum absolute atomic E-state index is 0.243. The van der Waals surface area contributed by atoms with Gasteiger partial charge in [0.25, 0.3) is 5.91 Å². The Bertz CT molecular complexity index is 863. The lowest BCUT2D eigenvalue weighted by molar-refractivity contribution is 0.0950. The molecule has 114 valence electrons. The Balaban J connectivity index is 2.10. The second kappa shape index (κ2) is 5.18. The van der Waals surface area contributed by atoms with Crippen LogP contribution in [0, 0.1) is 6.92 Å². The highest BCUT2D eigenvalue weighted by atomic mass is 16.5. The van der Waals surface area contributed by atoms with Gasteiger partial charge in [0, 0.05) is 12.6 Å². The fourth-order valence-corrected chi connectivity index (χ4v) is 2.49. The molecule has 0 N–H and O–H groups in total. The molecule has 1 aromatic carbocycles. The summed E-state index contributed by atoms with van der Waals surface area (Å²) in [5, 5.41) is 8.49. The zero-order valence-electron chi connectivity index (χ0n) is 12.8. The van der Waals surface area contributed by atoms with E-state index < -0.39 is 0 Å². The van der Waals surface area contributed by atoms with Gasteiger partial charge in [-0.3, -0.25) is 9.48 Å². The summed E-state index contributed by atoms with van der Waals surface area (Å²) >= 11 is 0. The summed E-state index contributed by atoms with van der Waals surface area (Å²) in [5.41, 5.74) is 2.74. The second-order valence-corrected chi connectivity index (χ2v) is 4.87. The summed E-state index contributed by atoms with van der Waals surface area (Å²) in [6.45, 7) is 1.85. The molecule has 22 heavy (non-hydrogen) atoms. The molecule has 2 heterocycles. The Morgan fingerprint density at radius 1 is 1.18 bits per heavy atom. The monoisotopic (exact) mass is 300 g/mol. The SMILES string of the molecule is COc1ccc(C(=O)n2ncc3c2c(C)nn3C)cc1OC. The number of hydrogen-bond donors (Lipinski definition) is 0. The molecule has 0 saturated carbocycles. The van der Waals surface area contributed by atoms with Gasteiger partial charge in [-0.1, -0.05) is 0 Å². The van der Waals surface area contributed by atoms with E-state index in [4.69, 9.17) is 9.47 Å². The molecular formula is C15H16N4O3. The first-order valence-electron chi connectivity index (χ1n) is 6.71. The van der Waals surface area contributed by atoms with Crippen LogP contribution in [-0.2, 0) is 7.05 Å². The molecule has 2 aromatic heterocycles. The number of hydrogen-bond acceptors (Lipinski definition) is 5. The average molecular weight is 300 g/mol. The van der Waals surface area contributed by atoms with Crippen LogP contribution in [-0.4, -0.2) is 39.7 Å². The second-order valence-electron chi connectivity index (χ2n) is 4.87. The molecule has 0 aliphatic rings. The van der Waals surface area contributed by atoms with Gasteiger partial charge in [0.05, 0.1) is 26.1 Å².